The zero-order valence-corrected chi connectivity index (χ0v) is 6.70. The molecular weight excluding hydrogens is 145 g/mol. The van der Waals surface area contributed by atoms with E-state index in [1.807, 2.05) is 30.3 Å². The van der Waals surface area contributed by atoms with Gasteiger partial charge in [-0.1, -0.05) is 24.5 Å². The van der Waals surface area contributed by atoms with E-state index in [4.69, 9.17) is 7.85 Å². The molecule has 1 nitrogen and oxygen atoms in total. The van der Waals surface area contributed by atoms with Crippen LogP contribution in [0.2, 0.25) is 0 Å². The number of rotatable bonds is 1. The monoisotopic (exact) mass is 153 g/mol. The Bertz CT molecular complexity index is 392. The van der Waals surface area contributed by atoms with Gasteiger partial charge in [0.15, 0.2) is 0 Å². The average molecular weight is 153 g/mol. The second-order valence-electron chi connectivity index (χ2n) is 2.69. The minimum Gasteiger partial charge on any atom is -0.256 e. The van der Waals surface area contributed by atoms with Gasteiger partial charge in [0.25, 0.3) is 0 Å². The molecule has 0 aliphatic rings. The number of fused-ring (bicyclic) bond motifs is 1. The maximum absolute atomic E-state index is 5.59. The van der Waals surface area contributed by atoms with E-state index in [2.05, 4.69) is 4.98 Å². The average Bonchev–Trinajstić information content (AvgIpc) is 2.17. The summed E-state index contributed by atoms with van der Waals surface area (Å²) >= 11 is 0. The molecule has 0 amide bonds. The second-order valence-corrected chi connectivity index (χ2v) is 2.69. The molecule has 2 heteroatoms. The van der Waals surface area contributed by atoms with Gasteiger partial charge in [-0.3, -0.25) is 4.98 Å². The molecule has 0 saturated heterocycles. The molecule has 0 atom stereocenters. The molecule has 1 heterocycles. The highest BCUT2D eigenvalue weighted by molar-refractivity contribution is 6.09. The Kier molecular flexibility index (Phi) is 1.82. The van der Waals surface area contributed by atoms with Gasteiger partial charge in [-0.05, 0) is 17.7 Å². The van der Waals surface area contributed by atoms with Crippen LogP contribution in [0, 0.1) is 0 Å². The molecule has 1 aromatic carbocycles. The van der Waals surface area contributed by atoms with Gasteiger partial charge in [-0.25, -0.2) is 0 Å². The van der Waals surface area contributed by atoms with Crippen molar-refractivity contribution in [1.29, 1.82) is 0 Å². The first kappa shape index (κ1) is 7.35. The van der Waals surface area contributed by atoms with Crippen molar-refractivity contribution in [3.63, 3.8) is 0 Å². The number of hydrogen-bond donors (Lipinski definition) is 0. The number of para-hydroxylation sites is 1. The third-order valence-electron chi connectivity index (χ3n) is 1.96. The lowest BCUT2D eigenvalue weighted by molar-refractivity contribution is 1.34. The number of nitrogens with zero attached hydrogens (tertiary/aromatic N) is 1. The maximum atomic E-state index is 5.59. The molecule has 2 aromatic rings. The van der Waals surface area contributed by atoms with Crippen molar-refractivity contribution < 1.29 is 0 Å². The summed E-state index contributed by atoms with van der Waals surface area (Å²) in [6, 6.07) is 9.99. The van der Waals surface area contributed by atoms with E-state index < -0.39 is 0 Å². The van der Waals surface area contributed by atoms with Crippen LogP contribution in [0.5, 0.6) is 0 Å². The Morgan fingerprint density at radius 1 is 1.17 bits per heavy atom. The number of pyridine rings is 1. The molecule has 56 valence electrons. The fourth-order valence-electron chi connectivity index (χ4n) is 1.33. The summed E-state index contributed by atoms with van der Waals surface area (Å²) in [4.78, 5) is 4.23. The molecule has 1 aromatic heterocycles. The molecule has 0 bridgehead atoms. The molecule has 0 aliphatic heterocycles. The molecule has 2 rings (SSSR count). The Labute approximate surface area is 72.8 Å². The third-order valence-corrected chi connectivity index (χ3v) is 1.96. The zero-order chi connectivity index (χ0) is 8.39. The minimum absolute atomic E-state index is 0.572. The van der Waals surface area contributed by atoms with Crippen molar-refractivity contribution in [3.05, 3.63) is 42.1 Å². The van der Waals surface area contributed by atoms with E-state index in [-0.39, 0.29) is 0 Å². The Hall–Kier alpha value is -1.31. The molecular formula is C10H8BN. The summed E-state index contributed by atoms with van der Waals surface area (Å²) in [5, 5.41) is 1.16. The molecule has 12 heavy (non-hydrogen) atoms. The first-order valence-electron chi connectivity index (χ1n) is 3.94. The highest BCUT2D eigenvalue weighted by atomic mass is 14.6. The Balaban J connectivity index is 2.79. The highest BCUT2D eigenvalue weighted by Gasteiger charge is 1.96. The second kappa shape index (κ2) is 2.98. The van der Waals surface area contributed by atoms with Crippen molar-refractivity contribution in [1.82, 2.24) is 4.98 Å². The highest BCUT2D eigenvalue weighted by Crippen LogP contribution is 2.15. The fraction of sp³-hybridized carbons (Fsp3) is 0.100. The molecule has 0 saturated carbocycles. The SMILES string of the molecule is [B]Cc1ccnc2ccccc12. The zero-order valence-electron chi connectivity index (χ0n) is 6.70. The van der Waals surface area contributed by atoms with Crippen LogP contribution in [-0.2, 0) is 6.32 Å². The lowest BCUT2D eigenvalue weighted by Gasteiger charge is -2.01. The van der Waals surface area contributed by atoms with E-state index >= 15 is 0 Å². The molecule has 0 unspecified atom stereocenters. The molecule has 2 radical (unpaired) electrons. The van der Waals surface area contributed by atoms with Crippen LogP contribution in [0.15, 0.2) is 36.5 Å². The molecule has 0 spiro atoms. The predicted molar refractivity (Wildman–Crippen MR) is 51.2 cm³/mol. The van der Waals surface area contributed by atoms with Crippen LogP contribution in [0.1, 0.15) is 5.56 Å². The lowest BCUT2D eigenvalue weighted by Crippen LogP contribution is -1.87. The van der Waals surface area contributed by atoms with Crippen LogP contribution in [0.3, 0.4) is 0 Å². The van der Waals surface area contributed by atoms with E-state index in [0.717, 1.165) is 16.5 Å². The lowest BCUT2D eigenvalue weighted by atomic mass is 9.94. The van der Waals surface area contributed by atoms with Gasteiger partial charge >= 0.3 is 0 Å². The van der Waals surface area contributed by atoms with Crippen LogP contribution in [0.25, 0.3) is 10.9 Å². The van der Waals surface area contributed by atoms with Crippen molar-refractivity contribution in [2.24, 2.45) is 0 Å². The van der Waals surface area contributed by atoms with Gasteiger partial charge in [0.05, 0.1) is 13.4 Å². The Morgan fingerprint density at radius 2 is 2.00 bits per heavy atom. The first-order chi connectivity index (χ1) is 5.92. The molecule has 0 N–H and O–H groups in total. The summed E-state index contributed by atoms with van der Waals surface area (Å²) in [6.07, 6.45) is 2.37. The quantitative estimate of drug-likeness (QED) is 0.570. The van der Waals surface area contributed by atoms with E-state index in [1.54, 1.807) is 6.20 Å². The normalized spacial score (nSPS) is 10.3. The van der Waals surface area contributed by atoms with E-state index in [9.17, 15) is 0 Å². The smallest absolute Gasteiger partial charge is 0.0716 e. The van der Waals surface area contributed by atoms with Crippen LogP contribution in [-0.4, -0.2) is 12.8 Å². The van der Waals surface area contributed by atoms with Crippen LogP contribution < -0.4 is 0 Å². The standard InChI is InChI=1S/C10H8BN/c11-7-8-5-6-12-10-4-2-1-3-9(8)10/h1-6H,7H2. The number of aromatic nitrogens is 1. The van der Waals surface area contributed by atoms with Crippen molar-refractivity contribution in [3.8, 4) is 0 Å². The summed E-state index contributed by atoms with van der Waals surface area (Å²) in [6.45, 7) is 0. The fourth-order valence-corrected chi connectivity index (χ4v) is 1.33. The van der Waals surface area contributed by atoms with Gasteiger partial charge in [-0.2, -0.15) is 0 Å². The van der Waals surface area contributed by atoms with Gasteiger partial charge in [-0.15, -0.1) is 0 Å². The van der Waals surface area contributed by atoms with Crippen LogP contribution in [0.4, 0.5) is 0 Å². The largest absolute Gasteiger partial charge is 0.256 e. The maximum Gasteiger partial charge on any atom is 0.0716 e. The third kappa shape index (κ3) is 1.09. The minimum atomic E-state index is 0.572. The van der Waals surface area contributed by atoms with Crippen molar-refractivity contribution in [2.75, 3.05) is 0 Å². The summed E-state index contributed by atoms with van der Waals surface area (Å²) < 4.78 is 0. The predicted octanol–water partition coefficient (Wildman–Crippen LogP) is 1.90. The molecule has 0 aliphatic carbocycles. The summed E-state index contributed by atoms with van der Waals surface area (Å²) in [5.41, 5.74) is 2.17. The first-order valence-corrected chi connectivity index (χ1v) is 3.94. The topological polar surface area (TPSA) is 12.9 Å². The van der Waals surface area contributed by atoms with Crippen molar-refractivity contribution in [2.45, 2.75) is 6.32 Å². The van der Waals surface area contributed by atoms with Crippen LogP contribution >= 0.6 is 0 Å². The number of hydrogen-bond acceptors (Lipinski definition) is 1. The van der Waals surface area contributed by atoms with Gasteiger partial charge < -0.3 is 0 Å². The molecule has 0 fully saturated rings. The summed E-state index contributed by atoms with van der Waals surface area (Å²) in [7, 11) is 5.59. The van der Waals surface area contributed by atoms with E-state index in [0.29, 0.717) is 6.32 Å². The van der Waals surface area contributed by atoms with Gasteiger partial charge in [0, 0.05) is 11.6 Å². The summed E-state index contributed by atoms with van der Waals surface area (Å²) in [5.74, 6) is 0. The van der Waals surface area contributed by atoms with E-state index in [1.165, 1.54) is 0 Å². The number of benzene rings is 1. The van der Waals surface area contributed by atoms with Gasteiger partial charge in [0.1, 0.15) is 0 Å². The van der Waals surface area contributed by atoms with Crippen molar-refractivity contribution >= 4 is 18.7 Å². The van der Waals surface area contributed by atoms with Gasteiger partial charge in [0.2, 0.25) is 0 Å². The Morgan fingerprint density at radius 3 is 2.83 bits per heavy atom.